The Hall–Kier alpha value is -0.310. The van der Waals surface area contributed by atoms with Crippen LogP contribution in [0.15, 0.2) is 6.20 Å². The third-order valence-electron chi connectivity index (χ3n) is 2.01. The van der Waals surface area contributed by atoms with E-state index in [4.69, 9.17) is 4.74 Å². The number of hydrogen-bond donors (Lipinski definition) is 0. The molecule has 0 spiro atoms. The molecule has 1 aromatic rings. The summed E-state index contributed by atoms with van der Waals surface area (Å²) in [5.41, 5.74) is 0.696. The van der Waals surface area contributed by atoms with Gasteiger partial charge in [0.05, 0.1) is 23.2 Å². The molecule has 0 aliphatic carbocycles. The lowest BCUT2D eigenvalue weighted by Gasteiger charge is -2.06. The van der Waals surface area contributed by atoms with Gasteiger partial charge in [-0.3, -0.25) is 4.68 Å². The van der Waals surface area contributed by atoms with Crippen LogP contribution in [0, 0.1) is 3.57 Å². The first kappa shape index (κ1) is 14.7. The first-order valence-electron chi connectivity index (χ1n) is 5.28. The lowest BCUT2D eigenvalue weighted by molar-refractivity contribution is -0.146. The molecular formula is C10H14F3IN2O. The van der Waals surface area contributed by atoms with E-state index < -0.39 is 12.6 Å². The third kappa shape index (κ3) is 5.71. The molecule has 1 rings (SSSR count). The number of hydrogen-bond acceptors (Lipinski definition) is 2. The normalized spacial score (nSPS) is 12.1. The molecule has 98 valence electrons. The van der Waals surface area contributed by atoms with Crippen LogP contribution in [0.4, 0.5) is 13.2 Å². The topological polar surface area (TPSA) is 27.1 Å². The predicted octanol–water partition coefficient (Wildman–Crippen LogP) is 3.37. The number of alkyl halides is 3. The first-order chi connectivity index (χ1) is 7.92. The summed E-state index contributed by atoms with van der Waals surface area (Å²) in [7, 11) is 0. The second-order valence-corrected chi connectivity index (χ2v) is 4.77. The lowest BCUT2D eigenvalue weighted by atomic mass is 10.4. The summed E-state index contributed by atoms with van der Waals surface area (Å²) >= 11 is 2.10. The summed E-state index contributed by atoms with van der Waals surface area (Å²) in [6.45, 7) is 2.65. The van der Waals surface area contributed by atoms with Crippen molar-refractivity contribution in [1.82, 2.24) is 9.78 Å². The van der Waals surface area contributed by atoms with Crippen molar-refractivity contribution in [3.05, 3.63) is 15.5 Å². The van der Waals surface area contributed by atoms with E-state index in [9.17, 15) is 13.2 Å². The van der Waals surface area contributed by atoms with Crippen LogP contribution < -0.4 is 0 Å². The summed E-state index contributed by atoms with van der Waals surface area (Å²) in [6, 6.07) is 0. The summed E-state index contributed by atoms with van der Waals surface area (Å²) < 4.78 is 43.3. The van der Waals surface area contributed by atoms with Gasteiger partial charge in [-0.05, 0) is 29.0 Å². The highest BCUT2D eigenvalue weighted by molar-refractivity contribution is 14.1. The van der Waals surface area contributed by atoms with Crippen molar-refractivity contribution in [2.45, 2.75) is 39.1 Å². The molecule has 1 aromatic heterocycles. The van der Waals surface area contributed by atoms with Crippen molar-refractivity contribution in [3.8, 4) is 0 Å². The molecule has 0 radical (unpaired) electrons. The fourth-order valence-corrected chi connectivity index (χ4v) is 1.82. The van der Waals surface area contributed by atoms with Gasteiger partial charge >= 0.3 is 6.18 Å². The van der Waals surface area contributed by atoms with Crippen molar-refractivity contribution in [2.24, 2.45) is 0 Å². The molecule has 3 nitrogen and oxygen atoms in total. The van der Waals surface area contributed by atoms with Crippen LogP contribution in [0.2, 0.25) is 0 Å². The maximum atomic E-state index is 11.9. The maximum absolute atomic E-state index is 11.9. The molecular weight excluding hydrogens is 348 g/mol. The highest BCUT2D eigenvalue weighted by Crippen LogP contribution is 2.19. The van der Waals surface area contributed by atoms with Crippen molar-refractivity contribution in [3.63, 3.8) is 0 Å². The molecule has 0 bridgehead atoms. The van der Waals surface area contributed by atoms with Gasteiger partial charge in [0.2, 0.25) is 0 Å². The minimum Gasteiger partial charge on any atom is -0.375 e. The number of aromatic nitrogens is 2. The number of rotatable bonds is 6. The number of aryl methyl sites for hydroxylation is 1. The minimum absolute atomic E-state index is 0.130. The van der Waals surface area contributed by atoms with Crippen molar-refractivity contribution in [1.29, 1.82) is 0 Å². The number of nitrogens with zero attached hydrogens (tertiary/aromatic N) is 2. The van der Waals surface area contributed by atoms with E-state index in [1.807, 2.05) is 13.1 Å². The fraction of sp³-hybridized carbons (Fsp3) is 0.700. The summed E-state index contributed by atoms with van der Waals surface area (Å²) in [5, 5.41) is 4.24. The molecule has 17 heavy (non-hydrogen) atoms. The van der Waals surface area contributed by atoms with Crippen LogP contribution in [0.3, 0.4) is 0 Å². The second kappa shape index (κ2) is 6.58. The van der Waals surface area contributed by atoms with Gasteiger partial charge in [0.15, 0.2) is 0 Å². The molecule has 1 heterocycles. The second-order valence-electron chi connectivity index (χ2n) is 3.60. The summed E-state index contributed by atoms with van der Waals surface area (Å²) in [6.07, 6.45) is -2.24. The Bertz CT molecular complexity index is 352. The van der Waals surface area contributed by atoms with Crippen LogP contribution >= 0.6 is 22.6 Å². The van der Waals surface area contributed by atoms with E-state index in [0.29, 0.717) is 5.69 Å². The van der Waals surface area contributed by atoms with Crippen LogP contribution in [0.5, 0.6) is 0 Å². The predicted molar refractivity (Wildman–Crippen MR) is 65.6 cm³/mol. The third-order valence-corrected chi connectivity index (χ3v) is 2.91. The van der Waals surface area contributed by atoms with Crippen molar-refractivity contribution in [2.75, 3.05) is 6.61 Å². The van der Waals surface area contributed by atoms with E-state index in [1.54, 1.807) is 4.68 Å². The molecule has 0 amide bonds. The summed E-state index contributed by atoms with van der Waals surface area (Å²) in [5.74, 6) is 0. The largest absolute Gasteiger partial charge is 0.391 e. The van der Waals surface area contributed by atoms with Crippen LogP contribution in [0.25, 0.3) is 0 Å². The molecule has 0 aliphatic rings. The molecule has 0 atom stereocenters. The lowest BCUT2D eigenvalue weighted by Crippen LogP contribution is -2.11. The van der Waals surface area contributed by atoms with Crippen LogP contribution in [0.1, 0.15) is 25.5 Å². The van der Waals surface area contributed by atoms with Gasteiger partial charge < -0.3 is 4.74 Å². The number of halogens is 4. The Morgan fingerprint density at radius 3 is 2.76 bits per heavy atom. The Balaban J connectivity index is 2.36. The molecule has 0 aromatic carbocycles. The van der Waals surface area contributed by atoms with E-state index in [0.717, 1.165) is 16.5 Å². The smallest absolute Gasteiger partial charge is 0.375 e. The highest BCUT2D eigenvalue weighted by Gasteiger charge is 2.26. The zero-order valence-corrected chi connectivity index (χ0v) is 11.6. The maximum Gasteiger partial charge on any atom is 0.391 e. The van der Waals surface area contributed by atoms with Gasteiger partial charge in [-0.2, -0.15) is 18.3 Å². The average Bonchev–Trinajstić information content (AvgIpc) is 2.53. The van der Waals surface area contributed by atoms with Crippen molar-refractivity contribution >= 4 is 22.6 Å². The average molecular weight is 362 g/mol. The minimum atomic E-state index is -4.16. The van der Waals surface area contributed by atoms with Gasteiger partial charge in [-0.1, -0.05) is 6.92 Å². The fourth-order valence-electron chi connectivity index (χ4n) is 1.24. The quantitative estimate of drug-likeness (QED) is 0.573. The standard InChI is InChI=1S/C10H14F3IN2O/c1-2-4-16-6-8(14)9(15-16)7-17-5-3-10(11,12)13/h6H,2-5,7H2,1H3. The SMILES string of the molecule is CCCn1cc(I)c(COCCC(F)(F)F)n1. The van der Waals surface area contributed by atoms with E-state index in [1.165, 1.54) is 0 Å². The molecule has 7 heteroatoms. The molecule has 0 fully saturated rings. The number of ether oxygens (including phenoxy) is 1. The monoisotopic (exact) mass is 362 g/mol. The van der Waals surface area contributed by atoms with Crippen LogP contribution in [-0.2, 0) is 17.9 Å². The molecule has 0 N–H and O–H groups in total. The Morgan fingerprint density at radius 1 is 1.47 bits per heavy atom. The molecule has 0 saturated heterocycles. The Kier molecular flexibility index (Phi) is 5.71. The van der Waals surface area contributed by atoms with E-state index in [2.05, 4.69) is 27.7 Å². The zero-order chi connectivity index (χ0) is 12.9. The van der Waals surface area contributed by atoms with Gasteiger partial charge in [0, 0.05) is 12.7 Å². The zero-order valence-electron chi connectivity index (χ0n) is 9.43. The first-order valence-corrected chi connectivity index (χ1v) is 6.36. The Morgan fingerprint density at radius 2 is 2.18 bits per heavy atom. The van der Waals surface area contributed by atoms with Gasteiger partial charge in [0.1, 0.15) is 5.69 Å². The highest BCUT2D eigenvalue weighted by atomic mass is 127. The van der Waals surface area contributed by atoms with Gasteiger partial charge in [-0.15, -0.1) is 0 Å². The van der Waals surface area contributed by atoms with Crippen molar-refractivity contribution < 1.29 is 17.9 Å². The van der Waals surface area contributed by atoms with Crippen LogP contribution in [-0.4, -0.2) is 22.6 Å². The molecule has 0 unspecified atom stereocenters. The van der Waals surface area contributed by atoms with Gasteiger partial charge in [-0.25, -0.2) is 0 Å². The molecule has 0 aliphatic heterocycles. The Labute approximate surface area is 111 Å². The molecule has 0 saturated carbocycles. The van der Waals surface area contributed by atoms with E-state index in [-0.39, 0.29) is 13.2 Å². The van der Waals surface area contributed by atoms with E-state index >= 15 is 0 Å². The summed E-state index contributed by atoms with van der Waals surface area (Å²) in [4.78, 5) is 0. The van der Waals surface area contributed by atoms with Gasteiger partial charge in [0.25, 0.3) is 0 Å².